The number of benzene rings is 1. The van der Waals surface area contributed by atoms with E-state index in [4.69, 9.17) is 0 Å². The van der Waals surface area contributed by atoms with E-state index in [1.54, 1.807) is 0 Å². The predicted octanol–water partition coefficient (Wildman–Crippen LogP) is 3.86. The lowest BCUT2D eigenvalue weighted by molar-refractivity contribution is -0.135. The molecule has 100 valence electrons. The molecule has 0 fully saturated rings. The standard InChI is InChI=1S/C16H25NO/c1-13(2)17(15(18)11-16(3,4)5)12-14-9-7-6-8-10-14/h6-10,13H,11-12H2,1-5H3. The van der Waals surface area contributed by atoms with Crippen LogP contribution in [0.5, 0.6) is 0 Å². The SMILES string of the molecule is CC(C)N(Cc1ccccc1)C(=O)CC(C)(C)C. The van der Waals surface area contributed by atoms with Gasteiger partial charge < -0.3 is 4.90 Å². The van der Waals surface area contributed by atoms with E-state index in [0.717, 1.165) is 0 Å². The molecular weight excluding hydrogens is 222 g/mol. The summed E-state index contributed by atoms with van der Waals surface area (Å²) in [5.74, 6) is 0.237. The zero-order valence-electron chi connectivity index (χ0n) is 12.2. The van der Waals surface area contributed by atoms with E-state index >= 15 is 0 Å². The number of nitrogens with zero attached hydrogens (tertiary/aromatic N) is 1. The molecule has 2 nitrogen and oxygen atoms in total. The Labute approximate surface area is 111 Å². The molecule has 0 saturated heterocycles. The minimum absolute atomic E-state index is 0.0426. The van der Waals surface area contributed by atoms with Crippen LogP contribution >= 0.6 is 0 Å². The van der Waals surface area contributed by atoms with E-state index in [2.05, 4.69) is 46.8 Å². The van der Waals surface area contributed by atoms with Crippen molar-refractivity contribution in [1.82, 2.24) is 4.90 Å². The van der Waals surface area contributed by atoms with E-state index in [1.807, 2.05) is 23.1 Å². The van der Waals surface area contributed by atoms with E-state index < -0.39 is 0 Å². The molecule has 0 aliphatic carbocycles. The molecule has 1 aromatic carbocycles. The molecular formula is C16H25NO. The normalized spacial score (nSPS) is 11.7. The summed E-state index contributed by atoms with van der Waals surface area (Å²) in [5.41, 5.74) is 1.23. The van der Waals surface area contributed by atoms with Crippen LogP contribution in [0, 0.1) is 5.41 Å². The Hall–Kier alpha value is -1.31. The molecule has 0 aliphatic rings. The van der Waals surface area contributed by atoms with Crippen molar-refractivity contribution in [3.63, 3.8) is 0 Å². The quantitative estimate of drug-likeness (QED) is 0.791. The van der Waals surface area contributed by atoms with Gasteiger partial charge in [-0.15, -0.1) is 0 Å². The summed E-state index contributed by atoms with van der Waals surface area (Å²) in [6.07, 6.45) is 0.595. The van der Waals surface area contributed by atoms with E-state index in [-0.39, 0.29) is 17.4 Å². The summed E-state index contributed by atoms with van der Waals surface area (Å²) in [4.78, 5) is 14.3. The van der Waals surface area contributed by atoms with Crippen LogP contribution in [0.25, 0.3) is 0 Å². The Morgan fingerprint density at radius 2 is 1.72 bits per heavy atom. The number of rotatable bonds is 4. The molecule has 0 saturated carbocycles. The molecule has 0 radical (unpaired) electrons. The fourth-order valence-corrected chi connectivity index (χ4v) is 1.89. The van der Waals surface area contributed by atoms with Crippen LogP contribution in [-0.4, -0.2) is 16.8 Å². The molecule has 0 aliphatic heterocycles. The fourth-order valence-electron chi connectivity index (χ4n) is 1.89. The molecule has 1 amide bonds. The van der Waals surface area contributed by atoms with Crippen LogP contribution in [0.4, 0.5) is 0 Å². The summed E-state index contributed by atoms with van der Waals surface area (Å²) in [6, 6.07) is 10.4. The van der Waals surface area contributed by atoms with Gasteiger partial charge in [0.05, 0.1) is 0 Å². The minimum atomic E-state index is 0.0426. The van der Waals surface area contributed by atoms with Crippen LogP contribution in [0.1, 0.15) is 46.6 Å². The zero-order valence-corrected chi connectivity index (χ0v) is 12.2. The van der Waals surface area contributed by atoms with E-state index in [0.29, 0.717) is 13.0 Å². The maximum Gasteiger partial charge on any atom is 0.223 e. The number of amides is 1. The third-order valence-electron chi connectivity index (χ3n) is 2.82. The Morgan fingerprint density at radius 3 is 2.17 bits per heavy atom. The fraction of sp³-hybridized carbons (Fsp3) is 0.562. The van der Waals surface area contributed by atoms with Crippen molar-refractivity contribution in [1.29, 1.82) is 0 Å². The average Bonchev–Trinajstić information content (AvgIpc) is 2.24. The second-order valence-electron chi connectivity index (χ2n) is 6.34. The Balaban J connectivity index is 2.75. The molecule has 2 heteroatoms. The number of hydrogen-bond acceptors (Lipinski definition) is 1. The lowest BCUT2D eigenvalue weighted by Gasteiger charge is -2.30. The van der Waals surface area contributed by atoms with Gasteiger partial charge in [0.2, 0.25) is 5.91 Å². The number of carbonyl (C=O) groups is 1. The van der Waals surface area contributed by atoms with Crippen molar-refractivity contribution in [3.05, 3.63) is 35.9 Å². The van der Waals surface area contributed by atoms with Crippen molar-refractivity contribution < 1.29 is 4.79 Å². The first-order valence-corrected chi connectivity index (χ1v) is 6.63. The number of hydrogen-bond donors (Lipinski definition) is 0. The van der Waals surface area contributed by atoms with Gasteiger partial charge in [0.25, 0.3) is 0 Å². The molecule has 0 N–H and O–H groups in total. The molecule has 0 heterocycles. The lowest BCUT2D eigenvalue weighted by atomic mass is 9.91. The Morgan fingerprint density at radius 1 is 1.17 bits per heavy atom. The summed E-state index contributed by atoms with van der Waals surface area (Å²) in [5, 5.41) is 0. The zero-order chi connectivity index (χ0) is 13.8. The topological polar surface area (TPSA) is 20.3 Å². The van der Waals surface area contributed by atoms with Crippen molar-refractivity contribution >= 4 is 5.91 Å². The predicted molar refractivity (Wildman–Crippen MR) is 76.2 cm³/mol. The van der Waals surface area contributed by atoms with Gasteiger partial charge in [0.1, 0.15) is 0 Å². The van der Waals surface area contributed by atoms with Gasteiger partial charge in [-0.05, 0) is 24.8 Å². The third kappa shape index (κ3) is 4.91. The van der Waals surface area contributed by atoms with Crippen molar-refractivity contribution in [3.8, 4) is 0 Å². The van der Waals surface area contributed by atoms with Crippen LogP contribution < -0.4 is 0 Å². The second-order valence-corrected chi connectivity index (χ2v) is 6.34. The van der Waals surface area contributed by atoms with Gasteiger partial charge in [-0.3, -0.25) is 4.79 Å². The highest BCUT2D eigenvalue weighted by molar-refractivity contribution is 5.77. The van der Waals surface area contributed by atoms with Crippen LogP contribution in [0.3, 0.4) is 0 Å². The highest BCUT2D eigenvalue weighted by Gasteiger charge is 2.22. The lowest BCUT2D eigenvalue weighted by Crippen LogP contribution is -2.38. The summed E-state index contributed by atoms with van der Waals surface area (Å²) >= 11 is 0. The largest absolute Gasteiger partial charge is 0.336 e. The molecule has 0 bridgehead atoms. The Kier molecular flexibility index (Phi) is 4.94. The first kappa shape index (κ1) is 14.7. The molecule has 18 heavy (non-hydrogen) atoms. The molecule has 1 aromatic rings. The maximum atomic E-state index is 12.3. The summed E-state index contributed by atoms with van der Waals surface area (Å²) in [6.45, 7) is 11.2. The van der Waals surface area contributed by atoms with Crippen molar-refractivity contribution in [2.75, 3.05) is 0 Å². The molecule has 0 unspecified atom stereocenters. The maximum absolute atomic E-state index is 12.3. The third-order valence-corrected chi connectivity index (χ3v) is 2.82. The molecule has 1 rings (SSSR count). The van der Waals surface area contributed by atoms with E-state index in [9.17, 15) is 4.79 Å². The van der Waals surface area contributed by atoms with Gasteiger partial charge in [0.15, 0.2) is 0 Å². The van der Waals surface area contributed by atoms with Crippen LogP contribution in [0.15, 0.2) is 30.3 Å². The average molecular weight is 247 g/mol. The second kappa shape index (κ2) is 6.03. The smallest absolute Gasteiger partial charge is 0.223 e. The van der Waals surface area contributed by atoms with Gasteiger partial charge in [-0.25, -0.2) is 0 Å². The van der Waals surface area contributed by atoms with Gasteiger partial charge in [0, 0.05) is 19.0 Å². The first-order valence-electron chi connectivity index (χ1n) is 6.63. The van der Waals surface area contributed by atoms with Gasteiger partial charge in [-0.2, -0.15) is 0 Å². The van der Waals surface area contributed by atoms with E-state index in [1.165, 1.54) is 5.56 Å². The van der Waals surface area contributed by atoms with Crippen molar-refractivity contribution in [2.45, 2.75) is 53.6 Å². The van der Waals surface area contributed by atoms with Gasteiger partial charge >= 0.3 is 0 Å². The molecule has 0 spiro atoms. The monoisotopic (exact) mass is 247 g/mol. The van der Waals surface area contributed by atoms with Crippen LogP contribution in [-0.2, 0) is 11.3 Å². The summed E-state index contributed by atoms with van der Waals surface area (Å²) < 4.78 is 0. The Bertz CT molecular complexity index is 376. The highest BCUT2D eigenvalue weighted by atomic mass is 16.2. The van der Waals surface area contributed by atoms with Gasteiger partial charge in [-0.1, -0.05) is 51.1 Å². The van der Waals surface area contributed by atoms with Crippen LogP contribution in [0.2, 0.25) is 0 Å². The highest BCUT2D eigenvalue weighted by Crippen LogP contribution is 2.21. The number of carbonyl (C=O) groups excluding carboxylic acids is 1. The summed E-state index contributed by atoms with van der Waals surface area (Å²) in [7, 11) is 0. The van der Waals surface area contributed by atoms with Crippen molar-refractivity contribution in [2.24, 2.45) is 5.41 Å². The molecule has 0 atom stereocenters. The minimum Gasteiger partial charge on any atom is -0.336 e. The first-order chi connectivity index (χ1) is 8.29. The molecule has 0 aromatic heterocycles.